The van der Waals surface area contributed by atoms with Crippen LogP contribution in [0.3, 0.4) is 0 Å². The number of ketones is 1. The third kappa shape index (κ3) is 5.66. The predicted octanol–water partition coefficient (Wildman–Crippen LogP) is 1.93. The van der Waals surface area contributed by atoms with Crippen LogP contribution in [0.2, 0.25) is 0 Å². The number of Topliss-reactive ketones (excluding diaryl/α,β-unsaturated/α-hetero) is 1. The molecule has 2 rings (SSSR count). The maximum atomic E-state index is 11.6. The fraction of sp³-hybridized carbons (Fsp3) is 0.500. The van der Waals surface area contributed by atoms with Gasteiger partial charge in [-0.15, -0.1) is 12.4 Å². The molecule has 5 nitrogen and oxygen atoms in total. The first-order chi connectivity index (χ1) is 10.1. The first-order valence-corrected chi connectivity index (χ1v) is 7.38. The molecule has 1 fully saturated rings. The molecule has 1 aromatic rings. The van der Waals surface area contributed by atoms with Crippen molar-refractivity contribution in [2.75, 3.05) is 13.2 Å². The zero-order valence-electron chi connectivity index (χ0n) is 12.7. The second-order valence-corrected chi connectivity index (χ2v) is 5.40. The smallest absolute Gasteiger partial charge is 0.257 e. The first kappa shape index (κ1) is 18.5. The van der Waals surface area contributed by atoms with Crippen LogP contribution in [-0.2, 0) is 4.79 Å². The van der Waals surface area contributed by atoms with E-state index in [1.165, 1.54) is 0 Å². The second-order valence-electron chi connectivity index (χ2n) is 5.40. The van der Waals surface area contributed by atoms with E-state index in [0.29, 0.717) is 30.2 Å². The number of hydrogen-bond donors (Lipinski definition) is 2. The standard InChI is InChI=1S/C16H22N2O3.ClH/c1-2-15(19)12-5-7-13(8-6-12)21-10-16(20)18-9-14(17)11-3-4-11;/h5-8,11,14H,2-4,9-10,17H2,1H3,(H,18,20);1H. The SMILES string of the molecule is CCC(=O)c1ccc(OCC(=O)NCC(N)C2CC2)cc1.Cl. The molecule has 6 heteroatoms. The second kappa shape index (κ2) is 8.76. The summed E-state index contributed by atoms with van der Waals surface area (Å²) in [6.45, 7) is 2.28. The summed E-state index contributed by atoms with van der Waals surface area (Å²) in [4.78, 5) is 23.1. The molecule has 1 aromatic carbocycles. The van der Waals surface area contributed by atoms with E-state index < -0.39 is 0 Å². The largest absolute Gasteiger partial charge is 0.484 e. The normalized spacial score (nSPS) is 14.6. The third-order valence-electron chi connectivity index (χ3n) is 3.63. The third-order valence-corrected chi connectivity index (χ3v) is 3.63. The van der Waals surface area contributed by atoms with Crippen LogP contribution in [0.25, 0.3) is 0 Å². The van der Waals surface area contributed by atoms with Gasteiger partial charge in [-0.05, 0) is 43.0 Å². The van der Waals surface area contributed by atoms with Crippen LogP contribution in [0.5, 0.6) is 5.75 Å². The topological polar surface area (TPSA) is 81.4 Å². The highest BCUT2D eigenvalue weighted by atomic mass is 35.5. The van der Waals surface area contributed by atoms with Crippen LogP contribution < -0.4 is 15.8 Å². The fourth-order valence-corrected chi connectivity index (χ4v) is 2.06. The summed E-state index contributed by atoms with van der Waals surface area (Å²) in [5.41, 5.74) is 6.56. The summed E-state index contributed by atoms with van der Waals surface area (Å²) in [7, 11) is 0. The Morgan fingerprint density at radius 3 is 2.50 bits per heavy atom. The number of carbonyl (C=O) groups excluding carboxylic acids is 2. The quantitative estimate of drug-likeness (QED) is 0.715. The Bertz CT molecular complexity index is 501. The molecule has 1 atom stereocenters. The molecule has 22 heavy (non-hydrogen) atoms. The highest BCUT2D eigenvalue weighted by Gasteiger charge is 2.28. The van der Waals surface area contributed by atoms with E-state index in [-0.39, 0.29) is 36.7 Å². The number of amides is 1. The van der Waals surface area contributed by atoms with E-state index in [4.69, 9.17) is 10.5 Å². The summed E-state index contributed by atoms with van der Waals surface area (Å²) in [5.74, 6) is 1.05. The number of benzene rings is 1. The number of carbonyl (C=O) groups is 2. The van der Waals surface area contributed by atoms with Gasteiger partial charge < -0.3 is 15.8 Å². The van der Waals surface area contributed by atoms with Crippen molar-refractivity contribution >= 4 is 24.1 Å². The number of nitrogens with two attached hydrogens (primary N) is 1. The Morgan fingerprint density at radius 2 is 1.95 bits per heavy atom. The molecule has 0 spiro atoms. The van der Waals surface area contributed by atoms with Gasteiger partial charge in [0.15, 0.2) is 12.4 Å². The predicted molar refractivity (Wildman–Crippen MR) is 87.5 cm³/mol. The summed E-state index contributed by atoms with van der Waals surface area (Å²) in [5, 5.41) is 2.77. The molecular formula is C16H23ClN2O3. The lowest BCUT2D eigenvalue weighted by molar-refractivity contribution is -0.123. The lowest BCUT2D eigenvalue weighted by Crippen LogP contribution is -2.40. The Labute approximate surface area is 137 Å². The van der Waals surface area contributed by atoms with Crippen LogP contribution in [0.1, 0.15) is 36.5 Å². The van der Waals surface area contributed by atoms with Gasteiger partial charge in [0.05, 0.1) is 0 Å². The highest BCUT2D eigenvalue weighted by Crippen LogP contribution is 2.31. The molecule has 0 aliphatic heterocycles. The van der Waals surface area contributed by atoms with Crippen molar-refractivity contribution in [3.63, 3.8) is 0 Å². The van der Waals surface area contributed by atoms with Gasteiger partial charge in [-0.1, -0.05) is 6.92 Å². The molecule has 1 aliphatic carbocycles. The molecule has 0 saturated heterocycles. The summed E-state index contributed by atoms with van der Waals surface area (Å²) in [6.07, 6.45) is 2.80. The first-order valence-electron chi connectivity index (χ1n) is 7.38. The lowest BCUT2D eigenvalue weighted by Gasteiger charge is -2.12. The summed E-state index contributed by atoms with van der Waals surface area (Å²) in [6, 6.07) is 6.87. The van der Waals surface area contributed by atoms with Crippen LogP contribution in [0, 0.1) is 5.92 Å². The maximum Gasteiger partial charge on any atom is 0.257 e. The van der Waals surface area contributed by atoms with E-state index in [0.717, 1.165) is 12.8 Å². The Balaban J connectivity index is 0.00000242. The van der Waals surface area contributed by atoms with E-state index >= 15 is 0 Å². The Morgan fingerprint density at radius 1 is 1.32 bits per heavy atom. The van der Waals surface area contributed by atoms with Gasteiger partial charge in [0.25, 0.3) is 5.91 Å². The minimum Gasteiger partial charge on any atom is -0.484 e. The number of hydrogen-bond acceptors (Lipinski definition) is 4. The van der Waals surface area contributed by atoms with Crippen molar-refractivity contribution in [3.05, 3.63) is 29.8 Å². The number of halogens is 1. The van der Waals surface area contributed by atoms with Gasteiger partial charge in [-0.3, -0.25) is 9.59 Å². The monoisotopic (exact) mass is 326 g/mol. The Hall–Kier alpha value is -1.59. The number of nitrogens with one attached hydrogen (secondary N) is 1. The molecule has 0 heterocycles. The highest BCUT2D eigenvalue weighted by molar-refractivity contribution is 5.95. The van der Waals surface area contributed by atoms with Crippen molar-refractivity contribution < 1.29 is 14.3 Å². The van der Waals surface area contributed by atoms with Gasteiger partial charge in [0, 0.05) is 24.6 Å². The van der Waals surface area contributed by atoms with Gasteiger partial charge >= 0.3 is 0 Å². The Kier molecular flexibility index (Phi) is 7.35. The molecule has 1 amide bonds. The molecule has 122 valence electrons. The minimum atomic E-state index is -0.181. The van der Waals surface area contributed by atoms with Gasteiger partial charge in [-0.25, -0.2) is 0 Å². The molecular weight excluding hydrogens is 304 g/mol. The molecule has 0 aromatic heterocycles. The van der Waals surface area contributed by atoms with Crippen molar-refractivity contribution in [1.29, 1.82) is 0 Å². The zero-order chi connectivity index (χ0) is 15.2. The van der Waals surface area contributed by atoms with E-state index in [1.807, 2.05) is 6.92 Å². The molecule has 1 aliphatic rings. The minimum absolute atomic E-state index is 0. The van der Waals surface area contributed by atoms with Crippen molar-refractivity contribution in [2.24, 2.45) is 11.7 Å². The lowest BCUT2D eigenvalue weighted by atomic mass is 10.1. The molecule has 1 saturated carbocycles. The van der Waals surface area contributed by atoms with Crippen LogP contribution in [-0.4, -0.2) is 30.9 Å². The average molecular weight is 327 g/mol. The number of rotatable bonds is 8. The van der Waals surface area contributed by atoms with Crippen molar-refractivity contribution in [2.45, 2.75) is 32.2 Å². The fourth-order valence-electron chi connectivity index (χ4n) is 2.06. The van der Waals surface area contributed by atoms with E-state index in [2.05, 4.69) is 5.32 Å². The molecule has 3 N–H and O–H groups in total. The van der Waals surface area contributed by atoms with E-state index in [1.54, 1.807) is 24.3 Å². The van der Waals surface area contributed by atoms with Crippen LogP contribution >= 0.6 is 12.4 Å². The van der Waals surface area contributed by atoms with E-state index in [9.17, 15) is 9.59 Å². The van der Waals surface area contributed by atoms with Gasteiger partial charge in [0.1, 0.15) is 5.75 Å². The molecule has 1 unspecified atom stereocenters. The van der Waals surface area contributed by atoms with Crippen molar-refractivity contribution in [3.8, 4) is 5.75 Å². The van der Waals surface area contributed by atoms with Crippen molar-refractivity contribution in [1.82, 2.24) is 5.32 Å². The maximum absolute atomic E-state index is 11.6. The van der Waals surface area contributed by atoms with Crippen LogP contribution in [0.15, 0.2) is 24.3 Å². The van der Waals surface area contributed by atoms with Gasteiger partial charge in [-0.2, -0.15) is 0 Å². The summed E-state index contributed by atoms with van der Waals surface area (Å²) < 4.78 is 5.38. The molecule has 0 radical (unpaired) electrons. The average Bonchev–Trinajstić information content (AvgIpc) is 3.35. The summed E-state index contributed by atoms with van der Waals surface area (Å²) >= 11 is 0. The van der Waals surface area contributed by atoms with Gasteiger partial charge in [0.2, 0.25) is 0 Å². The van der Waals surface area contributed by atoms with Crippen LogP contribution in [0.4, 0.5) is 0 Å². The number of ether oxygens (including phenoxy) is 1. The molecule has 0 bridgehead atoms. The zero-order valence-corrected chi connectivity index (χ0v) is 13.5.